The van der Waals surface area contributed by atoms with E-state index in [1.54, 1.807) is 4.57 Å². The number of esters is 1. The van der Waals surface area contributed by atoms with E-state index < -0.39 is 11.5 Å². The Kier molecular flexibility index (Phi) is 5.96. The van der Waals surface area contributed by atoms with Crippen molar-refractivity contribution in [3.63, 3.8) is 0 Å². The summed E-state index contributed by atoms with van der Waals surface area (Å²) >= 11 is 0. The lowest BCUT2D eigenvalue weighted by Gasteiger charge is -2.23. The molecule has 1 atom stereocenters. The van der Waals surface area contributed by atoms with Crippen molar-refractivity contribution in [3.05, 3.63) is 24.3 Å². The molecular formula is C15H23BrN4O2. The van der Waals surface area contributed by atoms with Gasteiger partial charge >= 0.3 is 5.97 Å². The van der Waals surface area contributed by atoms with Gasteiger partial charge in [0.15, 0.2) is 0 Å². The second-order valence-electron chi connectivity index (χ2n) is 6.04. The number of rotatable bonds is 4. The van der Waals surface area contributed by atoms with E-state index >= 15 is 0 Å². The molecule has 6 nitrogen and oxygen atoms in total. The summed E-state index contributed by atoms with van der Waals surface area (Å²) in [5, 5.41) is 0. The molecule has 0 amide bonds. The molecule has 0 saturated carbocycles. The quantitative estimate of drug-likeness (QED) is 0.803. The van der Waals surface area contributed by atoms with Crippen LogP contribution in [0.25, 0.3) is 11.0 Å². The Morgan fingerprint density at radius 3 is 2.59 bits per heavy atom. The second-order valence-corrected chi connectivity index (χ2v) is 6.04. The van der Waals surface area contributed by atoms with E-state index in [1.165, 1.54) is 0 Å². The smallest absolute Gasteiger partial charge is 0.312 e. The molecule has 1 aromatic carbocycles. The van der Waals surface area contributed by atoms with Crippen LogP contribution in [-0.2, 0) is 16.1 Å². The van der Waals surface area contributed by atoms with E-state index in [4.69, 9.17) is 16.2 Å². The number of carbonyl (C=O) groups excluding carboxylic acids is 1. The Bertz CT molecular complexity index is 649. The highest BCUT2D eigenvalue weighted by molar-refractivity contribution is 8.93. The van der Waals surface area contributed by atoms with E-state index in [2.05, 4.69) is 4.98 Å². The molecule has 22 heavy (non-hydrogen) atoms. The molecule has 7 heteroatoms. The van der Waals surface area contributed by atoms with E-state index in [0.717, 1.165) is 11.0 Å². The maximum absolute atomic E-state index is 12.2. The molecule has 0 bridgehead atoms. The van der Waals surface area contributed by atoms with Crippen molar-refractivity contribution >= 4 is 39.9 Å². The number of ether oxygens (including phenoxy) is 1. The third kappa shape index (κ3) is 4.20. The van der Waals surface area contributed by atoms with Gasteiger partial charge in [-0.2, -0.15) is 0 Å². The van der Waals surface area contributed by atoms with E-state index in [0.29, 0.717) is 12.5 Å². The maximum atomic E-state index is 12.2. The van der Waals surface area contributed by atoms with Crippen molar-refractivity contribution in [1.29, 1.82) is 0 Å². The van der Waals surface area contributed by atoms with Gasteiger partial charge in [-0.05, 0) is 32.9 Å². The normalized spacial score (nSPS) is 12.7. The van der Waals surface area contributed by atoms with Crippen LogP contribution in [0.4, 0.5) is 5.95 Å². The largest absolute Gasteiger partial charge is 0.460 e. The number of para-hydroxylation sites is 2. The molecule has 2 aromatic rings. The first-order chi connectivity index (χ1) is 9.81. The van der Waals surface area contributed by atoms with E-state index in [1.807, 2.05) is 45.0 Å². The Balaban J connectivity index is 0.00000242. The third-order valence-corrected chi connectivity index (χ3v) is 3.11. The molecule has 1 aromatic heterocycles. The molecule has 0 saturated heterocycles. The molecule has 122 valence electrons. The summed E-state index contributed by atoms with van der Waals surface area (Å²) in [7, 11) is 0. The van der Waals surface area contributed by atoms with Gasteiger partial charge in [-0.3, -0.25) is 4.79 Å². The zero-order valence-corrected chi connectivity index (χ0v) is 14.8. The highest BCUT2D eigenvalue weighted by Crippen LogP contribution is 2.20. The molecule has 1 unspecified atom stereocenters. The molecule has 0 aliphatic carbocycles. The highest BCUT2D eigenvalue weighted by atomic mass is 79.9. The van der Waals surface area contributed by atoms with Crippen LogP contribution in [0.5, 0.6) is 0 Å². The number of nitrogen functional groups attached to an aromatic ring is 1. The third-order valence-electron chi connectivity index (χ3n) is 3.11. The van der Waals surface area contributed by atoms with Gasteiger partial charge in [-0.15, -0.1) is 17.0 Å². The standard InChI is InChI=1S/C15H22N4O2.BrH/c1-15(2,3)21-13(20)10(8-16)9-19-12-7-5-4-6-11(12)18-14(19)17;/h4-7,10H,8-9,16H2,1-3H3,(H2,17,18);1H. The van der Waals surface area contributed by atoms with Crippen LogP contribution in [0, 0.1) is 5.92 Å². The zero-order valence-electron chi connectivity index (χ0n) is 13.1. The van der Waals surface area contributed by atoms with Gasteiger partial charge in [0.05, 0.1) is 17.0 Å². The Labute approximate surface area is 140 Å². The predicted octanol–water partition coefficient (Wildman–Crippen LogP) is 2.11. The second kappa shape index (κ2) is 7.11. The average molecular weight is 371 g/mol. The van der Waals surface area contributed by atoms with Crippen LogP contribution in [0.3, 0.4) is 0 Å². The SMILES string of the molecule is Br.CC(C)(C)OC(=O)C(CN)Cn1c(N)nc2ccccc21. The monoisotopic (exact) mass is 370 g/mol. The van der Waals surface area contributed by atoms with Crippen LogP contribution in [0.1, 0.15) is 20.8 Å². The van der Waals surface area contributed by atoms with E-state index in [9.17, 15) is 4.79 Å². The van der Waals surface area contributed by atoms with Gasteiger partial charge in [-0.1, -0.05) is 12.1 Å². The van der Waals surface area contributed by atoms with Crippen molar-refractivity contribution < 1.29 is 9.53 Å². The summed E-state index contributed by atoms with van der Waals surface area (Å²) in [6.07, 6.45) is 0. The Morgan fingerprint density at radius 1 is 1.36 bits per heavy atom. The summed E-state index contributed by atoms with van der Waals surface area (Å²) in [4.78, 5) is 16.5. The number of aromatic nitrogens is 2. The molecule has 0 fully saturated rings. The minimum atomic E-state index is -0.535. The molecule has 2 rings (SSSR count). The minimum absolute atomic E-state index is 0. The summed E-state index contributed by atoms with van der Waals surface area (Å²) in [6.45, 7) is 6.05. The molecule has 1 heterocycles. The summed E-state index contributed by atoms with van der Waals surface area (Å²) < 4.78 is 7.20. The maximum Gasteiger partial charge on any atom is 0.312 e. The summed E-state index contributed by atoms with van der Waals surface area (Å²) in [6, 6.07) is 7.60. The molecule has 0 spiro atoms. The highest BCUT2D eigenvalue weighted by Gasteiger charge is 2.25. The lowest BCUT2D eigenvalue weighted by Crippen LogP contribution is -2.35. The van der Waals surface area contributed by atoms with Crippen LogP contribution in [0.2, 0.25) is 0 Å². The van der Waals surface area contributed by atoms with Crippen LogP contribution in [-0.4, -0.2) is 27.7 Å². The fourth-order valence-electron chi connectivity index (χ4n) is 2.14. The Morgan fingerprint density at radius 2 is 2.00 bits per heavy atom. The first-order valence-corrected chi connectivity index (χ1v) is 6.95. The Hall–Kier alpha value is -1.60. The number of fused-ring (bicyclic) bond motifs is 1. The van der Waals surface area contributed by atoms with Gasteiger partial charge in [-0.25, -0.2) is 4.98 Å². The van der Waals surface area contributed by atoms with Gasteiger partial charge in [0.25, 0.3) is 0 Å². The van der Waals surface area contributed by atoms with Crippen molar-refractivity contribution in [2.24, 2.45) is 11.7 Å². The lowest BCUT2D eigenvalue weighted by molar-refractivity contribution is -0.160. The first-order valence-electron chi connectivity index (χ1n) is 6.95. The molecular weight excluding hydrogens is 348 g/mol. The van der Waals surface area contributed by atoms with Gasteiger partial charge in [0, 0.05) is 13.1 Å². The van der Waals surface area contributed by atoms with Crippen LogP contribution >= 0.6 is 17.0 Å². The number of nitrogens with two attached hydrogens (primary N) is 2. The predicted molar refractivity (Wildman–Crippen MR) is 92.9 cm³/mol. The summed E-state index contributed by atoms with van der Waals surface area (Å²) in [5.41, 5.74) is 12.8. The van der Waals surface area contributed by atoms with Crippen molar-refractivity contribution in [2.75, 3.05) is 12.3 Å². The number of hydrogen-bond acceptors (Lipinski definition) is 5. The zero-order chi connectivity index (χ0) is 15.6. The number of halogens is 1. The lowest BCUT2D eigenvalue weighted by atomic mass is 10.1. The molecule has 0 aliphatic rings. The van der Waals surface area contributed by atoms with Gasteiger partial charge < -0.3 is 20.8 Å². The molecule has 0 aliphatic heterocycles. The average Bonchev–Trinajstić information content (AvgIpc) is 2.69. The minimum Gasteiger partial charge on any atom is -0.460 e. The summed E-state index contributed by atoms with van der Waals surface area (Å²) in [5.74, 6) is -0.399. The number of nitrogens with zero attached hydrogens (tertiary/aromatic N) is 2. The fraction of sp³-hybridized carbons (Fsp3) is 0.467. The van der Waals surface area contributed by atoms with Crippen molar-refractivity contribution in [3.8, 4) is 0 Å². The number of hydrogen-bond donors (Lipinski definition) is 2. The van der Waals surface area contributed by atoms with Crippen molar-refractivity contribution in [1.82, 2.24) is 9.55 Å². The topological polar surface area (TPSA) is 96.2 Å². The first kappa shape index (κ1) is 18.4. The van der Waals surface area contributed by atoms with Gasteiger partial charge in [0.2, 0.25) is 5.95 Å². The fourth-order valence-corrected chi connectivity index (χ4v) is 2.14. The molecule has 4 N–H and O–H groups in total. The molecule has 0 radical (unpaired) electrons. The van der Waals surface area contributed by atoms with Crippen LogP contribution in [0.15, 0.2) is 24.3 Å². The number of imidazole rings is 1. The number of carbonyl (C=O) groups is 1. The number of benzene rings is 1. The van der Waals surface area contributed by atoms with E-state index in [-0.39, 0.29) is 29.5 Å². The van der Waals surface area contributed by atoms with Gasteiger partial charge in [0.1, 0.15) is 5.60 Å². The van der Waals surface area contributed by atoms with Crippen LogP contribution < -0.4 is 11.5 Å². The van der Waals surface area contributed by atoms with Crippen molar-refractivity contribution in [2.45, 2.75) is 32.9 Å². The number of anilines is 1.